The summed E-state index contributed by atoms with van der Waals surface area (Å²) in [7, 11) is -5.99. The summed E-state index contributed by atoms with van der Waals surface area (Å²) < 4.78 is 51.1. The van der Waals surface area contributed by atoms with Gasteiger partial charge >= 0.3 is 0 Å². The molecule has 0 fully saturated rings. The largest absolute Gasteiger partial charge is 0.399 e. The van der Waals surface area contributed by atoms with Crippen molar-refractivity contribution in [3.63, 3.8) is 0 Å². The number of benzene rings is 1. The summed E-state index contributed by atoms with van der Waals surface area (Å²) in [6, 6.07) is 1.43. The van der Waals surface area contributed by atoms with Gasteiger partial charge in [0, 0.05) is 24.0 Å². The summed E-state index contributed by atoms with van der Waals surface area (Å²) >= 11 is 0. The average Bonchev–Trinajstić information content (AvgIpc) is 2.71. The zero-order valence-corrected chi connectivity index (χ0v) is 20.3. The molecule has 0 amide bonds. The Labute approximate surface area is 188 Å². The van der Waals surface area contributed by atoms with Crippen LogP contribution in [0.5, 0.6) is 0 Å². The van der Waals surface area contributed by atoms with Gasteiger partial charge in [-0.3, -0.25) is 9.59 Å². The Morgan fingerprint density at radius 3 is 2.50 bits per heavy atom. The minimum Gasteiger partial charge on any atom is -0.399 e. The van der Waals surface area contributed by atoms with E-state index in [1.54, 1.807) is 20.8 Å². The van der Waals surface area contributed by atoms with E-state index in [0.717, 1.165) is 0 Å². The number of aryl methyl sites for hydroxylation is 1. The molecular weight excluding hydrogens is 454 g/mol. The topological polar surface area (TPSA) is 124 Å². The van der Waals surface area contributed by atoms with Gasteiger partial charge < -0.3 is 4.84 Å². The molecule has 1 aromatic carbocycles. The molecule has 1 aromatic rings. The highest BCUT2D eigenvalue weighted by Crippen LogP contribution is 2.36. The number of sulfone groups is 2. The smallest absolute Gasteiger partial charge is 0.197 e. The van der Waals surface area contributed by atoms with E-state index < -0.39 is 31.2 Å². The van der Waals surface area contributed by atoms with Crippen molar-refractivity contribution >= 4 is 37.0 Å². The lowest BCUT2D eigenvalue weighted by atomic mass is 9.86. The van der Waals surface area contributed by atoms with Crippen molar-refractivity contribution in [1.82, 2.24) is 0 Å². The van der Waals surface area contributed by atoms with Crippen molar-refractivity contribution in [2.24, 2.45) is 5.16 Å². The second-order valence-corrected chi connectivity index (χ2v) is 12.3. The van der Waals surface area contributed by atoms with Crippen molar-refractivity contribution in [1.29, 1.82) is 0 Å². The monoisotopic (exact) mass is 481 g/mol. The van der Waals surface area contributed by atoms with Gasteiger partial charge in [-0.05, 0) is 50.3 Å². The number of carbonyl (C=O) groups excluding carboxylic acids is 2. The van der Waals surface area contributed by atoms with Gasteiger partial charge in [0.05, 0.1) is 32.6 Å². The van der Waals surface area contributed by atoms with Crippen molar-refractivity contribution in [3.05, 3.63) is 38.8 Å². The van der Waals surface area contributed by atoms with Gasteiger partial charge in [-0.15, -0.1) is 0 Å². The second kappa shape index (κ2) is 8.90. The first-order valence-electron chi connectivity index (χ1n) is 10.5. The van der Waals surface area contributed by atoms with Gasteiger partial charge in [0.25, 0.3) is 0 Å². The molecule has 32 heavy (non-hydrogen) atoms. The van der Waals surface area contributed by atoms with Crippen LogP contribution in [0, 0.1) is 13.8 Å². The van der Waals surface area contributed by atoms with Crippen LogP contribution in [-0.4, -0.2) is 52.7 Å². The number of hydrogen-bond acceptors (Lipinski definition) is 8. The quantitative estimate of drug-likeness (QED) is 0.348. The molecule has 1 aliphatic heterocycles. The molecular formula is C22H27NO7S2. The number of oxime groups is 1. The third kappa shape index (κ3) is 4.17. The normalized spacial score (nSPS) is 19.8. The Balaban J connectivity index is 2.31. The number of Topliss-reactive ketones (excluding diaryl/α,β-unsaturated/α-hetero) is 2. The standard InChI is InChI=1S/C22H27NO7S2/c1-5-10-31(26,27)18-8-6-7-17(24)20(18)21(25)15-12-13(2)22-19(14(15)3)16(23-30-4)9-11-32(22,28)29/h12H,5-11H2,1-4H3. The number of fused-ring (bicyclic) bond motifs is 1. The van der Waals surface area contributed by atoms with Gasteiger partial charge in [0.1, 0.15) is 7.11 Å². The zero-order chi connectivity index (χ0) is 23.8. The van der Waals surface area contributed by atoms with E-state index in [2.05, 4.69) is 5.16 Å². The van der Waals surface area contributed by atoms with Gasteiger partial charge in [-0.1, -0.05) is 12.1 Å². The molecule has 0 atom stereocenters. The lowest BCUT2D eigenvalue weighted by molar-refractivity contribution is -0.115. The highest BCUT2D eigenvalue weighted by atomic mass is 32.2. The Kier molecular flexibility index (Phi) is 6.76. The summed E-state index contributed by atoms with van der Waals surface area (Å²) in [6.45, 7) is 4.89. The van der Waals surface area contributed by atoms with E-state index in [1.165, 1.54) is 13.2 Å². The first kappa shape index (κ1) is 24.3. The van der Waals surface area contributed by atoms with Crippen LogP contribution in [0.1, 0.15) is 66.1 Å². The van der Waals surface area contributed by atoms with Gasteiger partial charge in [-0.2, -0.15) is 0 Å². The molecule has 0 radical (unpaired) electrons. The van der Waals surface area contributed by atoms with Gasteiger partial charge in [-0.25, -0.2) is 16.8 Å². The summed E-state index contributed by atoms with van der Waals surface area (Å²) in [6.07, 6.45) is 1.10. The Morgan fingerprint density at radius 1 is 1.19 bits per heavy atom. The molecule has 0 saturated heterocycles. The molecule has 0 N–H and O–H groups in total. The van der Waals surface area contributed by atoms with Gasteiger partial charge in [0.15, 0.2) is 31.2 Å². The minimum absolute atomic E-state index is 0.0939. The maximum absolute atomic E-state index is 13.6. The third-order valence-corrected chi connectivity index (χ3v) is 9.81. The molecule has 8 nitrogen and oxygen atoms in total. The number of allylic oxidation sites excluding steroid dienone is 2. The van der Waals surface area contributed by atoms with Gasteiger partial charge in [0.2, 0.25) is 0 Å². The van der Waals surface area contributed by atoms with E-state index in [4.69, 9.17) is 4.84 Å². The molecule has 10 heteroatoms. The van der Waals surface area contributed by atoms with Crippen LogP contribution in [0.15, 0.2) is 26.6 Å². The number of nitrogens with zero attached hydrogens (tertiary/aromatic N) is 1. The van der Waals surface area contributed by atoms with E-state index in [1.807, 2.05) is 0 Å². The van der Waals surface area contributed by atoms with Crippen molar-refractivity contribution in [3.8, 4) is 0 Å². The molecule has 174 valence electrons. The fourth-order valence-corrected chi connectivity index (χ4v) is 8.00. The predicted molar refractivity (Wildman–Crippen MR) is 120 cm³/mol. The van der Waals surface area contributed by atoms with E-state index in [0.29, 0.717) is 35.2 Å². The highest BCUT2D eigenvalue weighted by Gasteiger charge is 2.37. The maximum Gasteiger partial charge on any atom is 0.197 e. The lowest BCUT2D eigenvalue weighted by Gasteiger charge is -2.25. The number of hydrogen-bond donors (Lipinski definition) is 0. The van der Waals surface area contributed by atoms with Crippen LogP contribution < -0.4 is 0 Å². The molecule has 2 aliphatic rings. The fourth-order valence-electron chi connectivity index (χ4n) is 4.44. The first-order chi connectivity index (χ1) is 15.0. The average molecular weight is 482 g/mol. The van der Waals surface area contributed by atoms with Crippen molar-refractivity contribution < 1.29 is 31.3 Å². The molecule has 3 rings (SSSR count). The lowest BCUT2D eigenvalue weighted by Crippen LogP contribution is -2.28. The molecule has 0 saturated carbocycles. The molecule has 0 aromatic heterocycles. The molecule has 0 unspecified atom stereocenters. The number of rotatable bonds is 6. The molecule has 1 heterocycles. The van der Waals surface area contributed by atoms with E-state index >= 15 is 0 Å². The van der Waals surface area contributed by atoms with Crippen LogP contribution >= 0.6 is 0 Å². The zero-order valence-electron chi connectivity index (χ0n) is 18.6. The van der Waals surface area contributed by atoms with Crippen molar-refractivity contribution in [2.45, 2.75) is 57.8 Å². The summed E-state index contributed by atoms with van der Waals surface area (Å²) in [5.41, 5.74) is 1.19. The van der Waals surface area contributed by atoms with Crippen molar-refractivity contribution in [2.75, 3.05) is 18.6 Å². The van der Waals surface area contributed by atoms with Crippen LogP contribution in [0.4, 0.5) is 0 Å². The fraction of sp³-hybridized carbons (Fsp3) is 0.500. The maximum atomic E-state index is 13.6. The first-order valence-corrected chi connectivity index (χ1v) is 13.8. The highest BCUT2D eigenvalue weighted by molar-refractivity contribution is 7.95. The van der Waals surface area contributed by atoms with Crippen LogP contribution in [0.3, 0.4) is 0 Å². The Hall–Kier alpha value is -2.33. The minimum atomic E-state index is -3.75. The molecule has 1 aliphatic carbocycles. The van der Waals surface area contributed by atoms with Crippen LogP contribution in [0.2, 0.25) is 0 Å². The predicted octanol–water partition coefficient (Wildman–Crippen LogP) is 2.85. The summed E-state index contributed by atoms with van der Waals surface area (Å²) in [5, 5.41) is 3.97. The molecule has 0 spiro atoms. The summed E-state index contributed by atoms with van der Waals surface area (Å²) in [5.74, 6) is -1.45. The number of ketones is 2. The van der Waals surface area contributed by atoms with E-state index in [-0.39, 0.29) is 51.7 Å². The van der Waals surface area contributed by atoms with E-state index in [9.17, 15) is 26.4 Å². The SMILES string of the molecule is CCCS(=O)(=O)C1=C(C(=O)c2cc(C)c3c(c2C)C(=NOC)CCS3(=O)=O)C(=O)CCC1. The number of carbonyl (C=O) groups is 2. The molecule has 0 bridgehead atoms. The summed E-state index contributed by atoms with van der Waals surface area (Å²) in [4.78, 5) is 31.2. The third-order valence-electron chi connectivity index (χ3n) is 5.82. The Morgan fingerprint density at radius 2 is 1.88 bits per heavy atom. The van der Waals surface area contributed by atoms with Crippen LogP contribution in [-0.2, 0) is 29.3 Å². The second-order valence-electron chi connectivity index (χ2n) is 8.08. The Bertz CT molecular complexity index is 1270. The van der Waals surface area contributed by atoms with Crippen LogP contribution in [0.25, 0.3) is 0 Å².